The van der Waals surface area contributed by atoms with E-state index in [0.29, 0.717) is 11.9 Å². The molecule has 2 aromatic rings. The average molecular weight is 382 g/mol. The minimum absolute atomic E-state index is 0.0694. The number of nitrogens with one attached hydrogen (secondary N) is 2. The van der Waals surface area contributed by atoms with Gasteiger partial charge in [0.05, 0.1) is 5.56 Å². The number of hydrogen-bond donors (Lipinski definition) is 2. The van der Waals surface area contributed by atoms with Crippen molar-refractivity contribution >= 4 is 16.7 Å². The van der Waals surface area contributed by atoms with E-state index in [2.05, 4.69) is 56.7 Å². The van der Waals surface area contributed by atoms with E-state index in [0.717, 1.165) is 51.9 Å². The molecule has 28 heavy (non-hydrogen) atoms. The zero-order valence-electron chi connectivity index (χ0n) is 17.9. The van der Waals surface area contributed by atoms with Crippen LogP contribution >= 0.6 is 0 Å². The van der Waals surface area contributed by atoms with Gasteiger partial charge in [-0.25, -0.2) is 0 Å². The van der Waals surface area contributed by atoms with E-state index in [-0.39, 0.29) is 10.8 Å². The van der Waals surface area contributed by atoms with E-state index in [1.165, 1.54) is 22.2 Å². The number of quaternary nitrogens is 2. The highest BCUT2D eigenvalue weighted by atomic mass is 16.1. The Hall–Kier alpha value is -1.65. The van der Waals surface area contributed by atoms with Crippen LogP contribution in [0.15, 0.2) is 24.3 Å². The molecule has 4 saturated heterocycles. The van der Waals surface area contributed by atoms with E-state index in [1.807, 2.05) is 0 Å². The Bertz CT molecular complexity index is 899. The van der Waals surface area contributed by atoms with E-state index in [1.54, 1.807) is 9.80 Å². The van der Waals surface area contributed by atoms with Gasteiger partial charge in [0.2, 0.25) is 6.17 Å². The maximum absolute atomic E-state index is 13.7. The van der Waals surface area contributed by atoms with Gasteiger partial charge in [-0.2, -0.15) is 0 Å². The number of para-hydroxylation sites is 1. The van der Waals surface area contributed by atoms with Crippen LogP contribution in [-0.4, -0.2) is 36.5 Å². The van der Waals surface area contributed by atoms with Gasteiger partial charge in [-0.3, -0.25) is 14.6 Å². The fourth-order valence-corrected chi connectivity index (χ4v) is 7.43. The topological polar surface area (TPSA) is 30.9 Å². The van der Waals surface area contributed by atoms with Crippen molar-refractivity contribution in [2.75, 3.05) is 26.2 Å². The lowest BCUT2D eigenvalue weighted by Crippen LogP contribution is -3.41. The van der Waals surface area contributed by atoms with Gasteiger partial charge >= 0.3 is 0 Å². The quantitative estimate of drug-likeness (QED) is 0.807. The summed E-state index contributed by atoms with van der Waals surface area (Å²) in [5.74, 6) is 0.629. The molecule has 0 radical (unpaired) electrons. The molecule has 4 bridgehead atoms. The second kappa shape index (κ2) is 6.17. The number of Topliss-reactive ketones (excluding diaryl/α,β-unsaturated/α-hetero) is 1. The van der Waals surface area contributed by atoms with Crippen molar-refractivity contribution in [1.82, 2.24) is 4.57 Å². The monoisotopic (exact) mass is 381 g/mol. The van der Waals surface area contributed by atoms with Crippen molar-refractivity contribution in [1.29, 1.82) is 0 Å². The highest BCUT2D eigenvalue weighted by Crippen LogP contribution is 2.43. The number of rotatable bonds is 5. The highest BCUT2D eigenvalue weighted by molar-refractivity contribution is 5.92. The Morgan fingerprint density at radius 3 is 2.07 bits per heavy atom. The molecule has 4 heteroatoms. The van der Waals surface area contributed by atoms with Crippen LogP contribution in [0.2, 0.25) is 0 Å². The van der Waals surface area contributed by atoms with E-state index in [9.17, 15) is 4.79 Å². The molecule has 0 amide bonds. The minimum Gasteiger partial charge on any atom is -0.347 e. The van der Waals surface area contributed by atoms with Crippen molar-refractivity contribution < 1.29 is 14.6 Å². The lowest BCUT2D eigenvalue weighted by Gasteiger charge is -2.60. The van der Waals surface area contributed by atoms with E-state index in [4.69, 9.17) is 0 Å². The van der Waals surface area contributed by atoms with Crippen LogP contribution in [0.4, 0.5) is 0 Å². The molecule has 2 N–H and O–H groups in total. The van der Waals surface area contributed by atoms with Gasteiger partial charge in [0, 0.05) is 23.6 Å². The third kappa shape index (κ3) is 2.22. The van der Waals surface area contributed by atoms with E-state index < -0.39 is 0 Å². The maximum atomic E-state index is 13.7. The van der Waals surface area contributed by atoms with Crippen LogP contribution in [0.25, 0.3) is 10.9 Å². The molecule has 4 aliphatic rings. The molecule has 4 aliphatic heterocycles. The zero-order valence-corrected chi connectivity index (χ0v) is 17.9. The lowest BCUT2D eigenvalue weighted by atomic mass is 9.57. The first-order valence-electron chi connectivity index (χ1n) is 11.2. The van der Waals surface area contributed by atoms with Gasteiger partial charge in [0.15, 0.2) is 5.78 Å². The lowest BCUT2D eigenvalue weighted by molar-refractivity contribution is -1.18. The molecular formula is C24H35N3O+2. The number of aryl methyl sites for hydroxylation is 1. The predicted octanol–water partition coefficient (Wildman–Crippen LogP) is 1.44. The van der Waals surface area contributed by atoms with Gasteiger partial charge in [-0.05, 0) is 25.8 Å². The van der Waals surface area contributed by atoms with Gasteiger partial charge in [-0.1, -0.05) is 44.9 Å². The fraction of sp³-hybridized carbons (Fsp3) is 0.625. The second-order valence-electron chi connectivity index (χ2n) is 9.92. The van der Waals surface area contributed by atoms with Gasteiger partial charge < -0.3 is 4.57 Å². The molecule has 0 atom stereocenters. The van der Waals surface area contributed by atoms with Crippen LogP contribution in [-0.2, 0) is 11.8 Å². The summed E-state index contributed by atoms with van der Waals surface area (Å²) >= 11 is 0. The van der Waals surface area contributed by atoms with Crippen molar-refractivity contribution in [3.05, 3.63) is 35.5 Å². The minimum atomic E-state index is -0.0694. The molecule has 1 aromatic carbocycles. The van der Waals surface area contributed by atoms with Gasteiger partial charge in [-0.15, -0.1) is 0 Å². The number of carbonyl (C=O) groups excluding carboxylic acids is 1. The summed E-state index contributed by atoms with van der Waals surface area (Å²) in [5.41, 5.74) is 4.14. The fourth-order valence-electron chi connectivity index (χ4n) is 7.43. The normalized spacial score (nSPS) is 36.6. The van der Waals surface area contributed by atoms with Gasteiger partial charge in [0.25, 0.3) is 0 Å². The summed E-state index contributed by atoms with van der Waals surface area (Å²) in [7, 11) is 2.20. The Kier molecular flexibility index (Phi) is 4.05. The first-order valence-corrected chi connectivity index (χ1v) is 11.2. The zero-order chi connectivity index (χ0) is 19.7. The Labute approximate surface area is 168 Å². The largest absolute Gasteiger partial charge is 0.347 e. The summed E-state index contributed by atoms with van der Waals surface area (Å²) in [4.78, 5) is 17.0. The number of fused-ring (bicyclic) bond motifs is 1. The van der Waals surface area contributed by atoms with Crippen molar-refractivity contribution in [3.63, 3.8) is 0 Å². The molecule has 0 saturated carbocycles. The standard InChI is InChI=1S/C24H33N3O/c1-5-11-23-13-26-15-24(12-6-2,22(23)28)16-27(14-23)21(26)20-17(3)25(4)19-10-8-7-9-18(19)20/h7-10,21H,5-6,11-16H2,1-4H3/p+2. The molecule has 6 rings (SSSR count). The van der Waals surface area contributed by atoms with Crippen LogP contribution in [0.3, 0.4) is 0 Å². The van der Waals surface area contributed by atoms with E-state index >= 15 is 0 Å². The first kappa shape index (κ1) is 18.4. The summed E-state index contributed by atoms with van der Waals surface area (Å²) in [5, 5.41) is 1.42. The number of carbonyl (C=O) groups is 1. The predicted molar refractivity (Wildman–Crippen MR) is 111 cm³/mol. The Morgan fingerprint density at radius 1 is 1.00 bits per heavy atom. The second-order valence-corrected chi connectivity index (χ2v) is 9.92. The van der Waals surface area contributed by atoms with Crippen LogP contribution in [0.1, 0.15) is 57.0 Å². The first-order chi connectivity index (χ1) is 13.5. The van der Waals surface area contributed by atoms with Crippen LogP contribution < -0.4 is 9.80 Å². The van der Waals surface area contributed by atoms with Gasteiger partial charge in [0.1, 0.15) is 37.0 Å². The Morgan fingerprint density at radius 2 is 1.54 bits per heavy atom. The number of ketones is 1. The molecular weight excluding hydrogens is 346 g/mol. The summed E-state index contributed by atoms with van der Waals surface area (Å²) in [6, 6.07) is 8.88. The van der Waals surface area contributed by atoms with Crippen molar-refractivity contribution in [3.8, 4) is 0 Å². The molecule has 4 nitrogen and oxygen atoms in total. The summed E-state index contributed by atoms with van der Waals surface area (Å²) in [6.07, 6.45) is 4.87. The number of hydrogen-bond acceptors (Lipinski definition) is 1. The third-order valence-corrected chi connectivity index (χ3v) is 8.24. The highest BCUT2D eigenvalue weighted by Gasteiger charge is 2.70. The number of aromatic nitrogens is 1. The molecule has 4 fully saturated rings. The average Bonchev–Trinajstić information content (AvgIpc) is 2.91. The molecule has 0 aliphatic carbocycles. The molecule has 0 unspecified atom stereocenters. The van der Waals surface area contributed by atoms with Crippen molar-refractivity contribution in [2.24, 2.45) is 17.9 Å². The Balaban J connectivity index is 1.64. The number of nitrogens with zero attached hydrogens (tertiary/aromatic N) is 1. The maximum Gasteiger partial charge on any atom is 0.242 e. The SMILES string of the molecule is CCCC12C[NH+]3CC(CCC)(C[NH+](C1)C3c1c(C)n(C)c3ccccc13)C2=O. The van der Waals surface area contributed by atoms with Crippen LogP contribution in [0.5, 0.6) is 0 Å². The number of piperidine rings is 2. The number of benzene rings is 1. The smallest absolute Gasteiger partial charge is 0.242 e. The molecule has 0 spiro atoms. The van der Waals surface area contributed by atoms with Crippen LogP contribution in [0, 0.1) is 17.8 Å². The third-order valence-electron chi connectivity index (χ3n) is 8.24. The molecule has 1 aromatic heterocycles. The summed E-state index contributed by atoms with van der Waals surface area (Å²) in [6.45, 7) is 11.0. The van der Waals surface area contributed by atoms with Crippen molar-refractivity contribution in [2.45, 2.75) is 52.6 Å². The molecule has 150 valence electrons. The summed E-state index contributed by atoms with van der Waals surface area (Å²) < 4.78 is 2.37. The molecule has 5 heterocycles.